The van der Waals surface area contributed by atoms with Crippen molar-refractivity contribution in [2.45, 2.75) is 19.6 Å². The van der Waals surface area contributed by atoms with Gasteiger partial charge in [0.1, 0.15) is 5.69 Å². The zero-order valence-electron chi connectivity index (χ0n) is 13.6. The van der Waals surface area contributed by atoms with Gasteiger partial charge in [-0.25, -0.2) is 9.59 Å². The Morgan fingerprint density at radius 1 is 1.27 bits per heavy atom. The number of esters is 2. The molecule has 9 nitrogen and oxygen atoms in total. The van der Waals surface area contributed by atoms with Crippen LogP contribution in [0.25, 0.3) is 10.8 Å². The number of nitrogens with one attached hydrogen (secondary N) is 1. The maximum atomic E-state index is 12.0. The number of fused-ring (bicyclic) bond motifs is 1. The highest BCUT2D eigenvalue weighted by Gasteiger charge is 2.39. The second-order valence-electron chi connectivity index (χ2n) is 5.81. The summed E-state index contributed by atoms with van der Waals surface area (Å²) in [7, 11) is 0. The first-order valence-corrected chi connectivity index (χ1v) is 7.71. The number of nitro benzene ring substituents is 1. The highest BCUT2D eigenvalue weighted by atomic mass is 35.5. The van der Waals surface area contributed by atoms with E-state index in [1.165, 1.54) is 32.3 Å². The number of halogens is 1. The molecule has 26 heavy (non-hydrogen) atoms. The van der Waals surface area contributed by atoms with Crippen LogP contribution in [0.3, 0.4) is 0 Å². The molecule has 2 aromatic rings. The third-order valence-electron chi connectivity index (χ3n) is 3.54. The first-order valence-electron chi connectivity index (χ1n) is 7.33. The van der Waals surface area contributed by atoms with E-state index in [-0.39, 0.29) is 16.4 Å². The second-order valence-corrected chi connectivity index (χ2v) is 6.22. The van der Waals surface area contributed by atoms with Crippen LogP contribution in [0.5, 0.6) is 0 Å². The molecule has 2 heterocycles. The van der Waals surface area contributed by atoms with Crippen LogP contribution in [0, 0.1) is 10.1 Å². The summed E-state index contributed by atoms with van der Waals surface area (Å²) in [5, 5.41) is 15.0. The van der Waals surface area contributed by atoms with Crippen molar-refractivity contribution < 1.29 is 24.0 Å². The van der Waals surface area contributed by atoms with Crippen molar-refractivity contribution in [1.29, 1.82) is 0 Å². The summed E-state index contributed by atoms with van der Waals surface area (Å²) in [6.45, 7) is 2.83. The third kappa shape index (κ3) is 3.16. The van der Waals surface area contributed by atoms with E-state index < -0.39 is 28.2 Å². The number of nitrogens with zero attached hydrogens (tertiary/aromatic N) is 2. The van der Waals surface area contributed by atoms with Crippen molar-refractivity contribution in [3.8, 4) is 0 Å². The molecule has 0 aliphatic carbocycles. The Hall–Kier alpha value is -3.20. The predicted molar refractivity (Wildman–Crippen MR) is 91.4 cm³/mol. The number of pyridine rings is 1. The smallest absolute Gasteiger partial charge is 0.350 e. The van der Waals surface area contributed by atoms with Gasteiger partial charge in [0.2, 0.25) is 0 Å². The molecule has 0 amide bonds. The molecule has 0 unspecified atom stereocenters. The summed E-state index contributed by atoms with van der Waals surface area (Å²) in [4.78, 5) is 38.6. The zero-order chi connectivity index (χ0) is 19.1. The van der Waals surface area contributed by atoms with Crippen LogP contribution in [0.15, 0.2) is 36.3 Å². The van der Waals surface area contributed by atoms with Gasteiger partial charge in [-0.05, 0) is 6.07 Å². The van der Waals surface area contributed by atoms with Crippen molar-refractivity contribution in [3.63, 3.8) is 0 Å². The maximum absolute atomic E-state index is 12.0. The Labute approximate surface area is 151 Å². The number of aromatic nitrogens is 1. The molecule has 1 fully saturated rings. The summed E-state index contributed by atoms with van der Waals surface area (Å²) in [5.41, 5.74) is -0.740. The topological polar surface area (TPSA) is 121 Å². The molecule has 0 bridgehead atoms. The van der Waals surface area contributed by atoms with E-state index in [0.717, 1.165) is 6.20 Å². The van der Waals surface area contributed by atoms with Gasteiger partial charge in [-0.1, -0.05) is 11.6 Å². The third-order valence-corrected chi connectivity index (χ3v) is 3.85. The Balaban J connectivity index is 2.08. The lowest BCUT2D eigenvalue weighted by atomic mass is 10.1. The van der Waals surface area contributed by atoms with Gasteiger partial charge in [-0.3, -0.25) is 15.1 Å². The molecule has 10 heteroatoms. The van der Waals surface area contributed by atoms with Gasteiger partial charge in [0.25, 0.3) is 11.5 Å². The monoisotopic (exact) mass is 377 g/mol. The van der Waals surface area contributed by atoms with Gasteiger partial charge in [0.15, 0.2) is 5.57 Å². The summed E-state index contributed by atoms with van der Waals surface area (Å²) in [6, 6.07) is 2.76. The molecule has 3 rings (SSSR count). The average molecular weight is 378 g/mol. The molecule has 0 atom stereocenters. The van der Waals surface area contributed by atoms with Gasteiger partial charge >= 0.3 is 11.9 Å². The lowest BCUT2D eigenvalue weighted by Crippen LogP contribution is -2.42. The minimum absolute atomic E-state index is 0.0282. The number of hydrogen-bond donors (Lipinski definition) is 1. The summed E-state index contributed by atoms with van der Waals surface area (Å²) >= 11 is 6.08. The van der Waals surface area contributed by atoms with E-state index in [9.17, 15) is 19.7 Å². The summed E-state index contributed by atoms with van der Waals surface area (Å²) in [5.74, 6) is -3.19. The first-order chi connectivity index (χ1) is 12.2. The minimum Gasteiger partial charge on any atom is -0.419 e. The molecule has 1 N–H and O–H groups in total. The molecular formula is C16H12ClN3O6. The molecule has 0 radical (unpaired) electrons. The minimum atomic E-state index is -1.38. The fourth-order valence-corrected chi connectivity index (χ4v) is 2.70. The van der Waals surface area contributed by atoms with Gasteiger partial charge < -0.3 is 14.8 Å². The lowest BCUT2D eigenvalue weighted by molar-refractivity contribution is -0.383. The number of carbonyl (C=O) groups is 2. The number of benzene rings is 1. The van der Waals surface area contributed by atoms with Crippen LogP contribution in [0.1, 0.15) is 13.8 Å². The molecule has 0 spiro atoms. The molecule has 1 aliphatic rings. The number of anilines is 1. The molecule has 0 saturated carbocycles. The number of carbonyl (C=O) groups excluding carboxylic acids is 2. The van der Waals surface area contributed by atoms with E-state index >= 15 is 0 Å². The van der Waals surface area contributed by atoms with E-state index in [2.05, 4.69) is 10.3 Å². The van der Waals surface area contributed by atoms with Crippen LogP contribution in [-0.4, -0.2) is 27.6 Å². The Morgan fingerprint density at radius 2 is 1.92 bits per heavy atom. The number of hydrogen-bond acceptors (Lipinski definition) is 8. The van der Waals surface area contributed by atoms with Gasteiger partial charge in [-0.15, -0.1) is 0 Å². The zero-order valence-corrected chi connectivity index (χ0v) is 14.4. The van der Waals surface area contributed by atoms with Gasteiger partial charge in [0, 0.05) is 49.3 Å². The molecule has 1 aromatic carbocycles. The van der Waals surface area contributed by atoms with Crippen molar-refractivity contribution >= 4 is 45.7 Å². The summed E-state index contributed by atoms with van der Waals surface area (Å²) < 4.78 is 9.94. The van der Waals surface area contributed by atoms with Crippen LogP contribution in [0.4, 0.5) is 11.4 Å². The normalized spacial score (nSPS) is 16.0. The predicted octanol–water partition coefficient (Wildman–Crippen LogP) is 2.93. The van der Waals surface area contributed by atoms with Crippen LogP contribution >= 0.6 is 11.6 Å². The maximum Gasteiger partial charge on any atom is 0.350 e. The lowest BCUT2D eigenvalue weighted by Gasteiger charge is -2.29. The van der Waals surface area contributed by atoms with Crippen molar-refractivity contribution in [2.75, 3.05) is 5.32 Å². The average Bonchev–Trinajstić information content (AvgIpc) is 2.54. The second kappa shape index (κ2) is 6.26. The summed E-state index contributed by atoms with van der Waals surface area (Å²) in [6.07, 6.45) is 3.87. The van der Waals surface area contributed by atoms with Crippen molar-refractivity contribution in [2.24, 2.45) is 0 Å². The highest BCUT2D eigenvalue weighted by Crippen LogP contribution is 2.37. The standard InChI is InChI=1S/C16H12ClN3O6/c1-16(2)25-14(21)10(15(22)26-16)7-19-13-9-6-18-4-3-8(9)11(17)5-12(13)20(23)24/h3-7,19H,1-2H3. The largest absolute Gasteiger partial charge is 0.419 e. The Kier molecular flexibility index (Phi) is 4.25. The fraction of sp³-hybridized carbons (Fsp3) is 0.188. The van der Waals surface area contributed by atoms with Crippen LogP contribution < -0.4 is 5.32 Å². The van der Waals surface area contributed by atoms with E-state index in [4.69, 9.17) is 21.1 Å². The molecule has 1 aliphatic heterocycles. The van der Waals surface area contributed by atoms with Crippen LogP contribution in [0.2, 0.25) is 5.02 Å². The Bertz CT molecular complexity index is 963. The van der Waals surface area contributed by atoms with Gasteiger partial charge in [-0.2, -0.15) is 0 Å². The number of cyclic esters (lactones) is 2. The van der Waals surface area contributed by atoms with Crippen LogP contribution in [-0.2, 0) is 19.1 Å². The van der Waals surface area contributed by atoms with Crippen molar-refractivity contribution in [1.82, 2.24) is 4.98 Å². The molecule has 1 saturated heterocycles. The molecule has 134 valence electrons. The highest BCUT2D eigenvalue weighted by molar-refractivity contribution is 6.36. The SMILES string of the molecule is CC1(C)OC(=O)C(=CNc2c([N+](=O)[O-])cc(Cl)c3ccncc23)C(=O)O1. The van der Waals surface area contributed by atoms with E-state index in [1.807, 2.05) is 0 Å². The Morgan fingerprint density at radius 3 is 2.54 bits per heavy atom. The number of nitro groups is 1. The molecule has 1 aromatic heterocycles. The van der Waals surface area contributed by atoms with E-state index in [0.29, 0.717) is 10.8 Å². The molecular weight excluding hydrogens is 366 g/mol. The van der Waals surface area contributed by atoms with Crippen molar-refractivity contribution in [3.05, 3.63) is 51.4 Å². The van der Waals surface area contributed by atoms with Gasteiger partial charge in [0.05, 0.1) is 9.95 Å². The fourth-order valence-electron chi connectivity index (χ4n) is 2.43. The quantitative estimate of drug-likeness (QED) is 0.285. The first kappa shape index (κ1) is 17.6. The number of rotatable bonds is 3. The number of ether oxygens (including phenoxy) is 2. The van der Waals surface area contributed by atoms with E-state index in [1.54, 1.807) is 6.07 Å².